The van der Waals surface area contributed by atoms with E-state index in [4.69, 9.17) is 12.2 Å². The third-order valence-electron chi connectivity index (χ3n) is 5.79. The Balaban J connectivity index is 1.44. The summed E-state index contributed by atoms with van der Waals surface area (Å²) in [5.41, 5.74) is 2.13. The van der Waals surface area contributed by atoms with E-state index in [-0.39, 0.29) is 11.8 Å². The Morgan fingerprint density at radius 1 is 1.32 bits per heavy atom. The van der Waals surface area contributed by atoms with Crippen molar-refractivity contribution in [3.63, 3.8) is 0 Å². The number of fused-ring (bicyclic) bond motifs is 1. The number of rotatable bonds is 6. The van der Waals surface area contributed by atoms with Gasteiger partial charge in [0.05, 0.1) is 0 Å². The van der Waals surface area contributed by atoms with Crippen molar-refractivity contribution in [1.29, 1.82) is 0 Å². The molecule has 1 saturated heterocycles. The van der Waals surface area contributed by atoms with Gasteiger partial charge in [-0.2, -0.15) is 0 Å². The Morgan fingerprint density at radius 2 is 2.11 bits per heavy atom. The minimum absolute atomic E-state index is 0.0997. The molecule has 0 spiro atoms. The molecule has 1 aliphatic heterocycles. The summed E-state index contributed by atoms with van der Waals surface area (Å²) in [6.07, 6.45) is 8.34. The molecule has 6 nitrogen and oxygen atoms in total. The summed E-state index contributed by atoms with van der Waals surface area (Å²) >= 11 is 5.56. The first kappa shape index (κ1) is 19.2. The number of nitrogens with zero attached hydrogens (tertiary/aromatic N) is 2. The molecule has 1 aliphatic carbocycles. The monoisotopic (exact) mass is 399 g/mol. The van der Waals surface area contributed by atoms with E-state index in [2.05, 4.69) is 44.6 Å². The fourth-order valence-electron chi connectivity index (χ4n) is 3.92. The molecule has 2 fully saturated rings. The van der Waals surface area contributed by atoms with Crippen LogP contribution in [0.5, 0.6) is 0 Å². The molecule has 0 atom stereocenters. The number of aromatic nitrogens is 2. The molecule has 7 heteroatoms. The van der Waals surface area contributed by atoms with Crippen LogP contribution in [0.3, 0.4) is 0 Å². The van der Waals surface area contributed by atoms with Gasteiger partial charge >= 0.3 is 0 Å². The number of nitrogens with one attached hydrogen (secondary N) is 3. The molecule has 2 aromatic heterocycles. The Labute approximate surface area is 171 Å². The van der Waals surface area contributed by atoms with Gasteiger partial charge in [-0.05, 0) is 67.9 Å². The van der Waals surface area contributed by atoms with Crippen molar-refractivity contribution in [2.24, 2.45) is 5.92 Å². The number of carbonyl (C=O) groups is 1. The second-order valence-electron chi connectivity index (χ2n) is 7.95. The van der Waals surface area contributed by atoms with Crippen LogP contribution in [0.15, 0.2) is 18.3 Å². The Morgan fingerprint density at radius 3 is 2.82 bits per heavy atom. The van der Waals surface area contributed by atoms with E-state index < -0.39 is 0 Å². The van der Waals surface area contributed by atoms with Crippen LogP contribution in [-0.2, 0) is 4.79 Å². The highest BCUT2D eigenvalue weighted by Crippen LogP contribution is 2.35. The fourth-order valence-corrected chi connectivity index (χ4v) is 4.20. The number of likely N-dealkylation sites (tertiary alicyclic amines) is 1. The number of aromatic amines is 1. The highest BCUT2D eigenvalue weighted by Gasteiger charge is 2.30. The van der Waals surface area contributed by atoms with Crippen LogP contribution >= 0.6 is 12.2 Å². The maximum Gasteiger partial charge on any atom is 0.228 e. The molecule has 2 aromatic rings. The van der Waals surface area contributed by atoms with Crippen LogP contribution in [0.2, 0.25) is 0 Å². The Hall–Kier alpha value is -2.15. The first-order valence-corrected chi connectivity index (χ1v) is 10.9. The number of unbranched alkanes of at least 4 members (excludes halogenated alkanes) is 1. The smallest absolute Gasteiger partial charge is 0.228 e. The summed E-state index contributed by atoms with van der Waals surface area (Å²) in [7, 11) is 0. The summed E-state index contributed by atoms with van der Waals surface area (Å²) in [5.74, 6) is 1.39. The van der Waals surface area contributed by atoms with Gasteiger partial charge < -0.3 is 20.5 Å². The van der Waals surface area contributed by atoms with E-state index >= 15 is 0 Å². The van der Waals surface area contributed by atoms with Gasteiger partial charge in [-0.25, -0.2) is 4.98 Å². The summed E-state index contributed by atoms with van der Waals surface area (Å²) in [5, 5.41) is 8.42. The molecule has 1 amide bonds. The van der Waals surface area contributed by atoms with Gasteiger partial charge in [0.1, 0.15) is 11.5 Å². The van der Waals surface area contributed by atoms with Crippen molar-refractivity contribution in [2.45, 2.75) is 51.4 Å². The molecule has 0 radical (unpaired) electrons. The van der Waals surface area contributed by atoms with Gasteiger partial charge in [0.25, 0.3) is 0 Å². The number of thiocarbonyl (C=S) groups is 1. The zero-order valence-corrected chi connectivity index (χ0v) is 17.3. The maximum atomic E-state index is 12.2. The van der Waals surface area contributed by atoms with Crippen LogP contribution in [0, 0.1) is 5.92 Å². The SMILES string of the molecule is CCCCNC(=S)N1CCC(c2cc(NC(=O)C3CC3)nc3[nH]ccc23)CC1. The third-order valence-corrected chi connectivity index (χ3v) is 6.19. The zero-order valence-electron chi connectivity index (χ0n) is 16.5. The number of carbonyl (C=O) groups excluding carboxylic acids is 1. The van der Waals surface area contributed by atoms with Gasteiger partial charge in [0.15, 0.2) is 5.11 Å². The molecule has 0 bridgehead atoms. The quantitative estimate of drug-likeness (QED) is 0.509. The summed E-state index contributed by atoms with van der Waals surface area (Å²) < 4.78 is 0. The molecular formula is C21H29N5OS. The van der Waals surface area contributed by atoms with E-state index in [1.165, 1.54) is 12.0 Å². The van der Waals surface area contributed by atoms with Crippen molar-refractivity contribution >= 4 is 40.1 Å². The minimum atomic E-state index is 0.0997. The summed E-state index contributed by atoms with van der Waals surface area (Å²) in [6.45, 7) is 5.06. The standard InChI is InChI=1S/C21H29N5OS/c1-2-3-9-23-21(28)26-11-7-14(8-12-26)17-13-18(25-20(27)15-4-5-15)24-19-16(17)6-10-22-19/h6,10,13-15H,2-5,7-9,11-12H2,1H3,(H,23,28)(H2,22,24,25,27). The largest absolute Gasteiger partial charge is 0.363 e. The minimum Gasteiger partial charge on any atom is -0.363 e. The molecule has 0 unspecified atom stereocenters. The number of pyridine rings is 1. The highest BCUT2D eigenvalue weighted by atomic mass is 32.1. The van der Waals surface area contributed by atoms with Crippen LogP contribution in [-0.4, -0.2) is 45.5 Å². The average molecular weight is 400 g/mol. The van der Waals surface area contributed by atoms with Crippen LogP contribution in [0.25, 0.3) is 11.0 Å². The molecule has 1 saturated carbocycles. The van der Waals surface area contributed by atoms with E-state index in [0.29, 0.717) is 11.7 Å². The number of hydrogen-bond donors (Lipinski definition) is 3. The van der Waals surface area contributed by atoms with Crippen molar-refractivity contribution in [3.05, 3.63) is 23.9 Å². The lowest BCUT2D eigenvalue weighted by atomic mass is 9.88. The lowest BCUT2D eigenvalue weighted by Crippen LogP contribution is -2.44. The first-order chi connectivity index (χ1) is 13.7. The van der Waals surface area contributed by atoms with E-state index in [1.807, 2.05) is 6.20 Å². The first-order valence-electron chi connectivity index (χ1n) is 10.5. The Kier molecular flexibility index (Phi) is 5.80. The van der Waals surface area contributed by atoms with Crippen molar-refractivity contribution in [1.82, 2.24) is 20.2 Å². The number of anilines is 1. The molecule has 3 heterocycles. The molecular weight excluding hydrogens is 370 g/mol. The number of amides is 1. The molecule has 3 N–H and O–H groups in total. The van der Waals surface area contributed by atoms with Crippen molar-refractivity contribution in [3.8, 4) is 0 Å². The second kappa shape index (κ2) is 8.47. The van der Waals surface area contributed by atoms with E-state index in [1.54, 1.807) is 0 Å². The zero-order chi connectivity index (χ0) is 19.5. The highest BCUT2D eigenvalue weighted by molar-refractivity contribution is 7.80. The van der Waals surface area contributed by atoms with Crippen molar-refractivity contribution in [2.75, 3.05) is 25.0 Å². The van der Waals surface area contributed by atoms with E-state index in [0.717, 1.165) is 67.9 Å². The normalized spacial score (nSPS) is 17.7. The number of H-pyrrole nitrogens is 1. The average Bonchev–Trinajstić information content (AvgIpc) is 3.46. The number of piperidine rings is 1. The second-order valence-corrected chi connectivity index (χ2v) is 8.33. The van der Waals surface area contributed by atoms with Gasteiger partial charge in [-0.15, -0.1) is 0 Å². The molecule has 28 heavy (non-hydrogen) atoms. The van der Waals surface area contributed by atoms with E-state index in [9.17, 15) is 4.79 Å². The van der Waals surface area contributed by atoms with Gasteiger partial charge in [0.2, 0.25) is 5.91 Å². The van der Waals surface area contributed by atoms with Gasteiger partial charge in [-0.1, -0.05) is 13.3 Å². The predicted octanol–water partition coefficient (Wildman–Crippen LogP) is 3.77. The van der Waals surface area contributed by atoms with Crippen LogP contribution in [0.4, 0.5) is 5.82 Å². The molecule has 2 aliphatic rings. The van der Waals surface area contributed by atoms with Crippen LogP contribution in [0.1, 0.15) is 56.9 Å². The van der Waals surface area contributed by atoms with Gasteiger partial charge in [0, 0.05) is 37.1 Å². The van der Waals surface area contributed by atoms with Crippen LogP contribution < -0.4 is 10.6 Å². The molecule has 4 rings (SSSR count). The fraction of sp³-hybridized carbons (Fsp3) is 0.571. The maximum absolute atomic E-state index is 12.2. The van der Waals surface area contributed by atoms with Gasteiger partial charge in [-0.3, -0.25) is 4.79 Å². The third kappa shape index (κ3) is 4.29. The summed E-state index contributed by atoms with van der Waals surface area (Å²) in [6, 6.07) is 4.17. The molecule has 150 valence electrons. The van der Waals surface area contributed by atoms with Crippen molar-refractivity contribution < 1.29 is 4.79 Å². The summed E-state index contributed by atoms with van der Waals surface area (Å²) in [4.78, 5) is 22.3. The number of hydrogen-bond acceptors (Lipinski definition) is 3. The topological polar surface area (TPSA) is 73.0 Å². The lowest BCUT2D eigenvalue weighted by Gasteiger charge is -2.34. The predicted molar refractivity (Wildman–Crippen MR) is 117 cm³/mol. The molecule has 0 aromatic carbocycles. The Bertz CT molecular complexity index is 852. The lowest BCUT2D eigenvalue weighted by molar-refractivity contribution is -0.117.